The first kappa shape index (κ1) is 17.0. The van der Waals surface area contributed by atoms with Crippen LogP contribution in [-0.2, 0) is 16.0 Å². The van der Waals surface area contributed by atoms with Crippen LogP contribution in [0.1, 0.15) is 48.3 Å². The van der Waals surface area contributed by atoms with Gasteiger partial charge in [-0.25, -0.2) is 0 Å². The van der Waals surface area contributed by atoms with E-state index in [0.717, 1.165) is 38.8 Å². The van der Waals surface area contributed by atoms with Gasteiger partial charge in [0, 0.05) is 35.7 Å². The maximum Gasteiger partial charge on any atom is 0.303 e. The molecule has 2 heterocycles. The van der Waals surface area contributed by atoms with Crippen molar-refractivity contribution in [3.63, 3.8) is 0 Å². The van der Waals surface area contributed by atoms with Gasteiger partial charge in [0.25, 0.3) is 0 Å². The number of aliphatic carboxylic acids is 1. The number of nitrogens with zero attached hydrogens (tertiary/aromatic N) is 1. The van der Waals surface area contributed by atoms with E-state index in [4.69, 9.17) is 5.11 Å². The number of amides is 1. The summed E-state index contributed by atoms with van der Waals surface area (Å²) >= 11 is 1.80. The summed E-state index contributed by atoms with van der Waals surface area (Å²) in [4.78, 5) is 27.6. The summed E-state index contributed by atoms with van der Waals surface area (Å²) in [5, 5.41) is 8.77. The van der Waals surface area contributed by atoms with Crippen molar-refractivity contribution in [1.82, 2.24) is 4.90 Å². The molecule has 1 fully saturated rings. The quantitative estimate of drug-likeness (QED) is 0.835. The first-order valence-electron chi connectivity index (χ1n) is 8.09. The molecule has 122 valence electrons. The van der Waals surface area contributed by atoms with E-state index in [0.29, 0.717) is 18.8 Å². The van der Waals surface area contributed by atoms with Crippen LogP contribution in [0, 0.1) is 12.8 Å². The van der Waals surface area contributed by atoms with E-state index in [1.54, 1.807) is 11.3 Å². The first-order chi connectivity index (χ1) is 10.5. The minimum absolute atomic E-state index is 0.213. The molecule has 1 aliphatic rings. The van der Waals surface area contributed by atoms with Crippen LogP contribution >= 0.6 is 11.3 Å². The van der Waals surface area contributed by atoms with Gasteiger partial charge in [0.05, 0.1) is 0 Å². The van der Waals surface area contributed by atoms with E-state index in [1.807, 2.05) is 4.90 Å². The Morgan fingerprint density at radius 3 is 2.86 bits per heavy atom. The number of likely N-dealkylation sites (tertiary alicyclic amines) is 1. The molecule has 0 bridgehead atoms. The average molecular weight is 323 g/mol. The van der Waals surface area contributed by atoms with E-state index in [1.165, 1.54) is 9.75 Å². The zero-order valence-corrected chi connectivity index (χ0v) is 14.0. The van der Waals surface area contributed by atoms with Crippen molar-refractivity contribution in [3.05, 3.63) is 21.9 Å². The Morgan fingerprint density at radius 2 is 2.18 bits per heavy atom. The number of hydrogen-bond donors (Lipinski definition) is 1. The number of carbonyl (C=O) groups is 2. The number of carboxylic acids is 1. The fourth-order valence-electron chi connectivity index (χ4n) is 3.05. The molecule has 0 radical (unpaired) electrons. The SMILES string of the molecule is Cc1ccc(CCCC(=O)N2CCC[C@H](CCC(=O)O)C2)s1. The molecule has 2 rings (SSSR count). The lowest BCUT2D eigenvalue weighted by Gasteiger charge is -2.32. The van der Waals surface area contributed by atoms with Crippen LogP contribution in [0.5, 0.6) is 0 Å². The van der Waals surface area contributed by atoms with Crippen molar-refractivity contribution in [2.45, 2.75) is 51.9 Å². The van der Waals surface area contributed by atoms with Crippen LogP contribution in [0.2, 0.25) is 0 Å². The monoisotopic (exact) mass is 323 g/mol. The van der Waals surface area contributed by atoms with E-state index < -0.39 is 5.97 Å². The molecule has 1 aromatic rings. The van der Waals surface area contributed by atoms with Gasteiger partial charge in [-0.05, 0) is 57.1 Å². The van der Waals surface area contributed by atoms with E-state index >= 15 is 0 Å². The highest BCUT2D eigenvalue weighted by atomic mass is 32.1. The molecule has 4 nitrogen and oxygen atoms in total. The summed E-state index contributed by atoms with van der Waals surface area (Å²) < 4.78 is 0. The second-order valence-corrected chi connectivity index (χ2v) is 7.52. The van der Waals surface area contributed by atoms with Gasteiger partial charge in [0.15, 0.2) is 0 Å². The van der Waals surface area contributed by atoms with Crippen LogP contribution in [0.4, 0.5) is 0 Å². The van der Waals surface area contributed by atoms with Crippen molar-refractivity contribution >= 4 is 23.2 Å². The summed E-state index contributed by atoms with van der Waals surface area (Å²) in [5.41, 5.74) is 0. The third-order valence-electron chi connectivity index (χ3n) is 4.25. The first-order valence-corrected chi connectivity index (χ1v) is 8.91. The maximum absolute atomic E-state index is 12.3. The second kappa shape index (κ2) is 8.32. The van der Waals surface area contributed by atoms with E-state index in [9.17, 15) is 9.59 Å². The van der Waals surface area contributed by atoms with Gasteiger partial charge in [-0.2, -0.15) is 0 Å². The molecule has 0 saturated carbocycles. The summed E-state index contributed by atoms with van der Waals surface area (Å²) in [6, 6.07) is 4.27. The number of piperidine rings is 1. The zero-order valence-electron chi connectivity index (χ0n) is 13.2. The van der Waals surface area contributed by atoms with Crippen LogP contribution in [0.15, 0.2) is 12.1 Å². The van der Waals surface area contributed by atoms with E-state index in [-0.39, 0.29) is 12.3 Å². The minimum atomic E-state index is -0.741. The summed E-state index contributed by atoms with van der Waals surface area (Å²) in [6.07, 6.45) is 5.42. The zero-order chi connectivity index (χ0) is 15.9. The summed E-state index contributed by atoms with van der Waals surface area (Å²) in [5.74, 6) is -0.156. The largest absolute Gasteiger partial charge is 0.481 e. The third kappa shape index (κ3) is 5.44. The topological polar surface area (TPSA) is 57.6 Å². The molecule has 1 aromatic heterocycles. The van der Waals surface area contributed by atoms with Gasteiger partial charge >= 0.3 is 5.97 Å². The lowest BCUT2D eigenvalue weighted by Crippen LogP contribution is -2.40. The third-order valence-corrected chi connectivity index (χ3v) is 5.31. The van der Waals surface area contributed by atoms with Crippen LogP contribution in [0.25, 0.3) is 0 Å². The average Bonchev–Trinajstić information content (AvgIpc) is 2.91. The highest BCUT2D eigenvalue weighted by molar-refractivity contribution is 7.11. The van der Waals surface area contributed by atoms with Crippen molar-refractivity contribution in [2.24, 2.45) is 5.92 Å². The molecule has 5 heteroatoms. The van der Waals surface area contributed by atoms with Crippen molar-refractivity contribution in [1.29, 1.82) is 0 Å². The molecule has 0 unspecified atom stereocenters. The Hall–Kier alpha value is -1.36. The molecule has 1 aliphatic heterocycles. The number of carboxylic acid groups (broad SMARTS) is 1. The fourth-order valence-corrected chi connectivity index (χ4v) is 3.98. The maximum atomic E-state index is 12.3. The summed E-state index contributed by atoms with van der Waals surface area (Å²) in [7, 11) is 0. The van der Waals surface area contributed by atoms with E-state index in [2.05, 4.69) is 19.1 Å². The van der Waals surface area contributed by atoms with Crippen molar-refractivity contribution < 1.29 is 14.7 Å². The predicted molar refractivity (Wildman–Crippen MR) is 88.2 cm³/mol. The van der Waals surface area contributed by atoms with Gasteiger partial charge in [0.2, 0.25) is 5.91 Å². The van der Waals surface area contributed by atoms with Crippen LogP contribution in [0.3, 0.4) is 0 Å². The van der Waals surface area contributed by atoms with Gasteiger partial charge < -0.3 is 10.0 Å². The lowest BCUT2D eigenvalue weighted by molar-refractivity contribution is -0.137. The number of aryl methyl sites for hydroxylation is 2. The molecule has 0 aromatic carbocycles. The Morgan fingerprint density at radius 1 is 1.36 bits per heavy atom. The predicted octanol–water partition coefficient (Wildman–Crippen LogP) is 3.48. The standard InChI is InChI=1S/C17H25NO3S/c1-13-7-9-15(22-13)5-2-6-16(19)18-11-3-4-14(12-18)8-10-17(20)21/h7,9,14H,2-6,8,10-12H2,1H3,(H,20,21)/t14-/m1/s1. The van der Waals surface area contributed by atoms with Crippen molar-refractivity contribution in [3.8, 4) is 0 Å². The number of thiophene rings is 1. The number of rotatable bonds is 7. The molecule has 22 heavy (non-hydrogen) atoms. The molecule has 1 atom stereocenters. The van der Waals surface area contributed by atoms with Gasteiger partial charge in [0.1, 0.15) is 0 Å². The lowest BCUT2D eigenvalue weighted by atomic mass is 9.93. The Labute approximate surface area is 136 Å². The molecule has 1 saturated heterocycles. The van der Waals surface area contributed by atoms with Gasteiger partial charge in [-0.3, -0.25) is 9.59 Å². The highest BCUT2D eigenvalue weighted by Gasteiger charge is 2.23. The van der Waals surface area contributed by atoms with Crippen molar-refractivity contribution in [2.75, 3.05) is 13.1 Å². The molecule has 0 aliphatic carbocycles. The molecule has 0 spiro atoms. The molecular weight excluding hydrogens is 298 g/mol. The Bertz CT molecular complexity index is 512. The fraction of sp³-hybridized carbons (Fsp3) is 0.647. The molecule has 1 amide bonds. The smallest absolute Gasteiger partial charge is 0.303 e. The van der Waals surface area contributed by atoms with Crippen LogP contribution in [-0.4, -0.2) is 35.0 Å². The van der Waals surface area contributed by atoms with Gasteiger partial charge in [-0.15, -0.1) is 11.3 Å². The Balaban J connectivity index is 1.70. The highest BCUT2D eigenvalue weighted by Crippen LogP contribution is 2.22. The molecular formula is C17H25NO3S. The second-order valence-electron chi connectivity index (χ2n) is 6.15. The summed E-state index contributed by atoms with van der Waals surface area (Å²) in [6.45, 7) is 3.68. The molecule has 1 N–H and O–H groups in total. The minimum Gasteiger partial charge on any atom is -0.481 e. The normalized spacial score (nSPS) is 18.4. The van der Waals surface area contributed by atoms with Gasteiger partial charge in [-0.1, -0.05) is 0 Å². The Kier molecular flexibility index (Phi) is 6.43. The van der Waals surface area contributed by atoms with Crippen LogP contribution < -0.4 is 0 Å². The number of carbonyl (C=O) groups excluding carboxylic acids is 1. The number of hydrogen-bond acceptors (Lipinski definition) is 3.